The van der Waals surface area contributed by atoms with E-state index in [0.717, 1.165) is 23.7 Å². The van der Waals surface area contributed by atoms with Gasteiger partial charge in [-0.1, -0.05) is 22.0 Å². The Morgan fingerprint density at radius 2 is 2.07 bits per heavy atom. The van der Waals surface area contributed by atoms with E-state index in [-0.39, 0.29) is 11.4 Å². The SMILES string of the molecule is O=C1CC2(CCc3cc(Br)ccc3C2)N1. The first kappa shape index (κ1) is 9.40. The zero-order valence-electron chi connectivity index (χ0n) is 8.35. The van der Waals surface area contributed by atoms with Crippen molar-refractivity contribution in [1.82, 2.24) is 5.32 Å². The van der Waals surface area contributed by atoms with Crippen LogP contribution in [-0.2, 0) is 17.6 Å². The first-order chi connectivity index (χ1) is 7.17. The highest BCUT2D eigenvalue weighted by Crippen LogP contribution is 2.36. The molecule has 3 rings (SSSR count). The van der Waals surface area contributed by atoms with Gasteiger partial charge in [0, 0.05) is 4.47 Å². The molecule has 0 bridgehead atoms. The summed E-state index contributed by atoms with van der Waals surface area (Å²) >= 11 is 3.49. The standard InChI is InChI=1S/C12H12BrNO/c13-10-2-1-9-6-12(7-11(15)14-12)4-3-8(9)5-10/h1-2,5H,3-4,6-7H2,(H,14,15). The summed E-state index contributed by atoms with van der Waals surface area (Å²) in [5.74, 6) is 0.204. The second-order valence-corrected chi connectivity index (χ2v) is 5.51. The number of rotatable bonds is 0. The highest BCUT2D eigenvalue weighted by molar-refractivity contribution is 9.10. The average molecular weight is 266 g/mol. The number of aryl methyl sites for hydroxylation is 1. The van der Waals surface area contributed by atoms with Gasteiger partial charge in [0.15, 0.2) is 0 Å². The van der Waals surface area contributed by atoms with Gasteiger partial charge >= 0.3 is 0 Å². The maximum Gasteiger partial charge on any atom is 0.222 e. The zero-order valence-corrected chi connectivity index (χ0v) is 9.93. The number of β-lactam (4-membered cyclic amide) rings is 1. The predicted molar refractivity (Wildman–Crippen MR) is 61.7 cm³/mol. The number of halogens is 1. The third kappa shape index (κ3) is 1.49. The second kappa shape index (κ2) is 3.08. The van der Waals surface area contributed by atoms with Crippen LogP contribution in [0.15, 0.2) is 22.7 Å². The minimum Gasteiger partial charge on any atom is -0.350 e. The molecule has 0 saturated carbocycles. The van der Waals surface area contributed by atoms with Crippen LogP contribution in [-0.4, -0.2) is 11.4 Å². The minimum absolute atomic E-state index is 0.0952. The normalized spacial score (nSPS) is 28.2. The maximum absolute atomic E-state index is 11.0. The summed E-state index contributed by atoms with van der Waals surface area (Å²) < 4.78 is 1.15. The molecule has 1 aliphatic heterocycles. The second-order valence-electron chi connectivity index (χ2n) is 4.60. The number of fused-ring (bicyclic) bond motifs is 1. The van der Waals surface area contributed by atoms with Crippen molar-refractivity contribution in [3.8, 4) is 0 Å². The molecular formula is C12H12BrNO. The third-order valence-corrected chi connectivity index (χ3v) is 3.97. The van der Waals surface area contributed by atoms with Crippen LogP contribution in [0.2, 0.25) is 0 Å². The fourth-order valence-electron chi connectivity index (χ4n) is 2.67. The summed E-state index contributed by atoms with van der Waals surface area (Å²) in [6.45, 7) is 0. The average Bonchev–Trinajstić information content (AvgIpc) is 2.16. The third-order valence-electron chi connectivity index (χ3n) is 3.47. The van der Waals surface area contributed by atoms with E-state index in [0.29, 0.717) is 6.42 Å². The van der Waals surface area contributed by atoms with E-state index in [2.05, 4.69) is 39.4 Å². The highest BCUT2D eigenvalue weighted by atomic mass is 79.9. The molecule has 15 heavy (non-hydrogen) atoms. The van der Waals surface area contributed by atoms with Crippen LogP contribution in [0.4, 0.5) is 0 Å². The van der Waals surface area contributed by atoms with Crippen molar-refractivity contribution in [2.24, 2.45) is 0 Å². The van der Waals surface area contributed by atoms with E-state index in [1.54, 1.807) is 0 Å². The number of hydrogen-bond donors (Lipinski definition) is 1. The number of hydrogen-bond acceptors (Lipinski definition) is 1. The van der Waals surface area contributed by atoms with Gasteiger partial charge in [-0.2, -0.15) is 0 Å². The Morgan fingerprint density at radius 3 is 2.80 bits per heavy atom. The summed E-state index contributed by atoms with van der Waals surface area (Å²) in [6.07, 6.45) is 3.88. The Labute approximate surface area is 97.2 Å². The van der Waals surface area contributed by atoms with E-state index in [1.165, 1.54) is 11.1 Å². The van der Waals surface area contributed by atoms with E-state index < -0.39 is 0 Å². The lowest BCUT2D eigenvalue weighted by atomic mass is 9.72. The summed E-state index contributed by atoms with van der Waals surface area (Å²) in [7, 11) is 0. The van der Waals surface area contributed by atoms with Crippen molar-refractivity contribution < 1.29 is 4.79 Å². The molecule has 0 aromatic heterocycles. The number of carbonyl (C=O) groups excluding carboxylic acids is 1. The molecule has 1 unspecified atom stereocenters. The van der Waals surface area contributed by atoms with Crippen molar-refractivity contribution in [3.63, 3.8) is 0 Å². The molecule has 1 saturated heterocycles. The van der Waals surface area contributed by atoms with Gasteiger partial charge in [0.1, 0.15) is 0 Å². The van der Waals surface area contributed by atoms with Crippen LogP contribution in [0.3, 0.4) is 0 Å². The minimum atomic E-state index is 0.0952. The van der Waals surface area contributed by atoms with Gasteiger partial charge in [-0.15, -0.1) is 0 Å². The summed E-state index contributed by atoms with van der Waals surface area (Å²) in [6, 6.07) is 6.45. The van der Waals surface area contributed by atoms with E-state index in [1.807, 2.05) is 0 Å². The van der Waals surface area contributed by atoms with Crippen LogP contribution in [0.1, 0.15) is 24.0 Å². The van der Waals surface area contributed by atoms with E-state index in [4.69, 9.17) is 0 Å². The molecule has 2 nitrogen and oxygen atoms in total. The first-order valence-electron chi connectivity index (χ1n) is 5.25. The van der Waals surface area contributed by atoms with Crippen LogP contribution in [0.5, 0.6) is 0 Å². The fourth-order valence-corrected chi connectivity index (χ4v) is 3.08. The topological polar surface area (TPSA) is 29.1 Å². The molecule has 1 spiro atoms. The lowest BCUT2D eigenvalue weighted by molar-refractivity contribution is -0.133. The fraction of sp³-hybridized carbons (Fsp3) is 0.417. The molecule has 1 atom stereocenters. The predicted octanol–water partition coefficient (Wildman–Crippen LogP) is 2.20. The largest absolute Gasteiger partial charge is 0.350 e. The molecule has 3 heteroatoms. The summed E-state index contributed by atoms with van der Waals surface area (Å²) in [4.78, 5) is 11.0. The molecule has 1 N–H and O–H groups in total. The monoisotopic (exact) mass is 265 g/mol. The van der Waals surface area contributed by atoms with Crippen molar-refractivity contribution in [3.05, 3.63) is 33.8 Å². The molecule has 78 valence electrons. The molecule has 1 amide bonds. The first-order valence-corrected chi connectivity index (χ1v) is 6.05. The van der Waals surface area contributed by atoms with Gasteiger partial charge in [-0.3, -0.25) is 4.79 Å². The van der Waals surface area contributed by atoms with Gasteiger partial charge in [-0.25, -0.2) is 0 Å². The zero-order chi connectivity index (χ0) is 10.5. The van der Waals surface area contributed by atoms with E-state index in [9.17, 15) is 4.79 Å². The lowest BCUT2D eigenvalue weighted by Crippen LogP contribution is -2.63. The van der Waals surface area contributed by atoms with Gasteiger partial charge in [0.05, 0.1) is 12.0 Å². The van der Waals surface area contributed by atoms with Gasteiger partial charge in [0.2, 0.25) is 5.91 Å². The van der Waals surface area contributed by atoms with Crippen LogP contribution in [0, 0.1) is 0 Å². The molecule has 2 aliphatic rings. The Morgan fingerprint density at radius 1 is 1.27 bits per heavy atom. The van der Waals surface area contributed by atoms with Crippen molar-refractivity contribution >= 4 is 21.8 Å². The van der Waals surface area contributed by atoms with Crippen LogP contribution in [0.25, 0.3) is 0 Å². The van der Waals surface area contributed by atoms with Crippen molar-refractivity contribution in [2.75, 3.05) is 0 Å². The Hall–Kier alpha value is -0.830. The molecule has 1 fully saturated rings. The highest BCUT2D eigenvalue weighted by Gasteiger charge is 2.44. The molecule has 1 aromatic rings. The quantitative estimate of drug-likeness (QED) is 0.716. The Kier molecular flexibility index (Phi) is 1.93. The summed E-state index contributed by atoms with van der Waals surface area (Å²) in [5, 5.41) is 3.06. The number of nitrogens with one attached hydrogen (secondary N) is 1. The molecule has 1 aliphatic carbocycles. The number of benzene rings is 1. The van der Waals surface area contributed by atoms with Crippen LogP contribution >= 0.6 is 15.9 Å². The molecular weight excluding hydrogens is 254 g/mol. The molecule has 1 aromatic carbocycles. The molecule has 0 radical (unpaired) electrons. The smallest absolute Gasteiger partial charge is 0.222 e. The molecule has 1 heterocycles. The maximum atomic E-state index is 11.0. The lowest BCUT2D eigenvalue weighted by Gasteiger charge is -2.45. The van der Waals surface area contributed by atoms with Crippen molar-refractivity contribution in [1.29, 1.82) is 0 Å². The van der Waals surface area contributed by atoms with Gasteiger partial charge < -0.3 is 5.32 Å². The van der Waals surface area contributed by atoms with Gasteiger partial charge in [0.25, 0.3) is 0 Å². The van der Waals surface area contributed by atoms with Crippen molar-refractivity contribution in [2.45, 2.75) is 31.2 Å². The number of carbonyl (C=O) groups is 1. The van der Waals surface area contributed by atoms with Gasteiger partial charge in [-0.05, 0) is 42.5 Å². The number of amides is 1. The Bertz CT molecular complexity index is 433. The summed E-state index contributed by atoms with van der Waals surface area (Å²) in [5.41, 5.74) is 2.92. The Balaban J connectivity index is 1.91. The van der Waals surface area contributed by atoms with Crippen LogP contribution < -0.4 is 5.32 Å². The van der Waals surface area contributed by atoms with E-state index >= 15 is 0 Å².